The first kappa shape index (κ1) is 42.0. The first-order chi connectivity index (χ1) is 23.4. The Hall–Kier alpha value is -1.43. The highest BCUT2D eigenvalue weighted by molar-refractivity contribution is 7.80. The van der Waals surface area contributed by atoms with Crippen LogP contribution in [0.2, 0.25) is 0 Å². The Balaban J connectivity index is 1.64. The third-order valence-corrected chi connectivity index (χ3v) is 8.03. The van der Waals surface area contributed by atoms with Gasteiger partial charge in [-0.1, -0.05) is 5.11 Å². The van der Waals surface area contributed by atoms with Gasteiger partial charge in [0.1, 0.15) is 30.6 Å². The van der Waals surface area contributed by atoms with Crippen LogP contribution in [0, 0.1) is 5.92 Å². The molecule has 6 N–H and O–H groups in total. The van der Waals surface area contributed by atoms with E-state index in [-0.39, 0.29) is 39.5 Å². The third kappa shape index (κ3) is 12.6. The van der Waals surface area contributed by atoms with Crippen molar-refractivity contribution in [3.63, 3.8) is 0 Å². The zero-order valence-corrected chi connectivity index (χ0v) is 29.3. The van der Waals surface area contributed by atoms with E-state index >= 15 is 0 Å². The molecule has 0 aromatic carbocycles. The Labute approximate surface area is 291 Å². The lowest BCUT2D eigenvalue weighted by Gasteiger charge is -2.60. The Bertz CT molecular complexity index is 1030. The maximum Gasteiger partial charge on any atom is 0.252 e. The molecule has 0 bridgehead atoms. The van der Waals surface area contributed by atoms with Crippen molar-refractivity contribution in [1.82, 2.24) is 10.6 Å². The molecule has 0 aliphatic carbocycles. The number of aliphatic hydroxyl groups excluding tert-OH is 3. The van der Waals surface area contributed by atoms with Crippen LogP contribution in [0.15, 0.2) is 5.11 Å². The van der Waals surface area contributed by atoms with Crippen LogP contribution in [-0.4, -0.2) is 171 Å². The van der Waals surface area contributed by atoms with Gasteiger partial charge >= 0.3 is 0 Å². The Kier molecular flexibility index (Phi) is 18.1. The van der Waals surface area contributed by atoms with E-state index in [1.54, 1.807) is 13.8 Å². The van der Waals surface area contributed by atoms with Crippen molar-refractivity contribution in [2.45, 2.75) is 101 Å². The maximum absolute atomic E-state index is 13.5. The minimum atomic E-state index is -1.67. The highest BCUT2D eigenvalue weighted by atomic mass is 32.1. The molecule has 20 heteroatoms. The number of nitrogens with zero attached hydrogens (tertiary/aromatic N) is 3. The third-order valence-electron chi connectivity index (χ3n) is 7.84. The van der Waals surface area contributed by atoms with Gasteiger partial charge in [-0.25, -0.2) is 0 Å². The molecule has 284 valence electrons. The van der Waals surface area contributed by atoms with Crippen LogP contribution in [-0.2, 0) is 47.4 Å². The number of azide groups is 1. The predicted octanol–water partition coefficient (Wildman–Crippen LogP) is -1.59. The van der Waals surface area contributed by atoms with Gasteiger partial charge in [0.2, 0.25) is 0 Å². The molecule has 3 saturated heterocycles. The van der Waals surface area contributed by atoms with E-state index in [0.717, 1.165) is 0 Å². The van der Waals surface area contributed by atoms with Gasteiger partial charge in [-0.3, -0.25) is 10.1 Å². The minimum Gasteiger partial charge on any atom is -0.387 e. The number of carbonyl (C=O) groups is 1. The van der Waals surface area contributed by atoms with Crippen LogP contribution in [0.4, 0.5) is 0 Å². The van der Waals surface area contributed by atoms with Crippen molar-refractivity contribution in [3.05, 3.63) is 10.4 Å². The molecule has 0 aromatic rings. The topological polar surface area (TPSA) is 254 Å². The van der Waals surface area contributed by atoms with E-state index in [1.165, 1.54) is 13.8 Å². The largest absolute Gasteiger partial charge is 0.387 e. The molecule has 3 aliphatic heterocycles. The van der Waals surface area contributed by atoms with Crippen LogP contribution in [0.3, 0.4) is 0 Å². The minimum absolute atomic E-state index is 0.0668. The summed E-state index contributed by atoms with van der Waals surface area (Å²) in [4.78, 5) is 16.1. The van der Waals surface area contributed by atoms with Crippen LogP contribution < -0.4 is 10.6 Å². The monoisotopic (exact) mass is 727 g/mol. The average molecular weight is 728 g/mol. The number of ether oxygens (including phenoxy) is 9. The van der Waals surface area contributed by atoms with Crippen LogP contribution in [0.25, 0.3) is 10.4 Å². The summed E-state index contributed by atoms with van der Waals surface area (Å²) in [7, 11) is 0. The molecule has 0 aromatic heterocycles. The molecule has 1 amide bonds. The SMILES string of the molecule is CC(O)NC1C(OC2C(C(=O)NCCOCCOCCOCCN=[N+]=[N-])OC(OC(C)C)C(O)C2O)OC(COCCS)C2OC(C)(O)C12. The quantitative estimate of drug-likeness (QED) is 0.0156. The van der Waals surface area contributed by atoms with Crippen molar-refractivity contribution in [2.24, 2.45) is 11.0 Å². The lowest BCUT2D eigenvalue weighted by molar-refractivity contribution is -0.432. The maximum atomic E-state index is 13.5. The van der Waals surface area contributed by atoms with Gasteiger partial charge in [0, 0.05) is 23.8 Å². The molecule has 0 spiro atoms. The van der Waals surface area contributed by atoms with Crippen LogP contribution >= 0.6 is 12.6 Å². The number of amides is 1. The number of carbonyl (C=O) groups excluding carboxylic acids is 1. The molecule has 49 heavy (non-hydrogen) atoms. The highest BCUT2D eigenvalue weighted by Crippen LogP contribution is 2.47. The lowest BCUT2D eigenvalue weighted by atomic mass is 9.76. The van der Waals surface area contributed by atoms with Gasteiger partial charge in [0.15, 0.2) is 24.5 Å². The van der Waals surface area contributed by atoms with Crippen molar-refractivity contribution < 1.29 is 67.9 Å². The molecular weight excluding hydrogens is 674 g/mol. The van der Waals surface area contributed by atoms with Gasteiger partial charge in [-0.15, -0.1) is 0 Å². The number of rotatable bonds is 23. The number of aliphatic hydroxyl groups is 4. The van der Waals surface area contributed by atoms with Gasteiger partial charge in [-0.2, -0.15) is 12.6 Å². The van der Waals surface area contributed by atoms with Crippen LogP contribution in [0.5, 0.6) is 0 Å². The molecule has 12 atom stereocenters. The molecule has 19 nitrogen and oxygen atoms in total. The number of thiol groups is 1. The fraction of sp³-hybridized carbons (Fsp3) is 0.966. The number of nitrogens with one attached hydrogen (secondary N) is 2. The van der Waals surface area contributed by atoms with E-state index < -0.39 is 85.2 Å². The highest BCUT2D eigenvalue weighted by Gasteiger charge is 2.64. The number of hydrogen-bond acceptors (Lipinski definition) is 17. The first-order valence-electron chi connectivity index (χ1n) is 16.4. The molecule has 3 fully saturated rings. The summed E-state index contributed by atoms with van der Waals surface area (Å²) in [6, 6.07) is -0.882. The average Bonchev–Trinajstić information content (AvgIpc) is 3.03. The van der Waals surface area contributed by atoms with E-state index in [2.05, 4.69) is 33.3 Å². The Morgan fingerprint density at radius 2 is 1.67 bits per heavy atom. The normalized spacial score (nSPS) is 34.9. The van der Waals surface area contributed by atoms with Crippen molar-refractivity contribution in [1.29, 1.82) is 0 Å². The molecule has 3 heterocycles. The lowest BCUT2D eigenvalue weighted by Crippen LogP contribution is -2.76. The van der Waals surface area contributed by atoms with Crippen molar-refractivity contribution >= 4 is 18.5 Å². The standard InChI is InChI=1S/C29H53N5O14S/c1-16(2)44-28-22(37)21(36)24(25(47-28)26(38)31-5-7-40-9-11-42-12-10-41-8-6-32-34-30)46-27-20(33-17(3)35)19-23(48-29(19,4)39)18(45-27)15-43-13-14-49/h16-25,27-28,33,35-37,39,49H,5-15H2,1-4H3,(H,31,38). The molecule has 3 aliphatic rings. The smallest absolute Gasteiger partial charge is 0.252 e. The Morgan fingerprint density at radius 1 is 1.00 bits per heavy atom. The number of fused-ring (bicyclic) bond motifs is 1. The van der Waals surface area contributed by atoms with E-state index in [9.17, 15) is 25.2 Å². The molecule has 0 saturated carbocycles. The zero-order valence-electron chi connectivity index (χ0n) is 28.4. The summed E-state index contributed by atoms with van der Waals surface area (Å²) in [6.07, 6.45) is -11.7. The summed E-state index contributed by atoms with van der Waals surface area (Å²) < 4.78 is 51.5. The van der Waals surface area contributed by atoms with Gasteiger partial charge < -0.3 is 68.4 Å². The van der Waals surface area contributed by atoms with Crippen LogP contribution in [0.1, 0.15) is 27.7 Å². The fourth-order valence-electron chi connectivity index (χ4n) is 5.76. The summed E-state index contributed by atoms with van der Waals surface area (Å²) in [6.45, 7) is 8.73. The van der Waals surface area contributed by atoms with Gasteiger partial charge in [0.05, 0.1) is 77.0 Å². The van der Waals surface area contributed by atoms with Gasteiger partial charge in [0.25, 0.3) is 5.91 Å². The van der Waals surface area contributed by atoms with Crippen molar-refractivity contribution in [3.8, 4) is 0 Å². The summed E-state index contributed by atoms with van der Waals surface area (Å²) in [5.74, 6) is -2.49. The second kappa shape index (κ2) is 21.2. The number of hydrogen-bond donors (Lipinski definition) is 7. The molecular formula is C29H53N5O14S. The van der Waals surface area contributed by atoms with E-state index in [4.69, 9.17) is 48.2 Å². The van der Waals surface area contributed by atoms with E-state index in [1.807, 2.05) is 0 Å². The fourth-order valence-corrected chi connectivity index (χ4v) is 5.89. The Morgan fingerprint density at radius 3 is 2.29 bits per heavy atom. The zero-order chi connectivity index (χ0) is 36.0. The molecule has 3 rings (SSSR count). The summed E-state index contributed by atoms with van der Waals surface area (Å²) in [5.41, 5.74) is 8.23. The van der Waals surface area contributed by atoms with E-state index in [0.29, 0.717) is 32.2 Å². The molecule has 12 unspecified atom stereocenters. The first-order valence-corrected chi connectivity index (χ1v) is 17.1. The predicted molar refractivity (Wildman–Crippen MR) is 172 cm³/mol. The van der Waals surface area contributed by atoms with Crippen molar-refractivity contribution in [2.75, 3.05) is 71.7 Å². The summed E-state index contributed by atoms with van der Waals surface area (Å²) in [5, 5.41) is 52.4. The summed E-state index contributed by atoms with van der Waals surface area (Å²) >= 11 is 4.16. The second-order valence-corrected chi connectivity index (χ2v) is 12.6. The molecule has 0 radical (unpaired) electrons. The second-order valence-electron chi connectivity index (χ2n) is 12.1. The van der Waals surface area contributed by atoms with Gasteiger partial charge in [-0.05, 0) is 33.2 Å².